The molecule has 0 aliphatic rings. The Bertz CT molecular complexity index is 1050. The highest BCUT2D eigenvalue weighted by Crippen LogP contribution is 2.20. The van der Waals surface area contributed by atoms with Crippen LogP contribution in [0.3, 0.4) is 0 Å². The van der Waals surface area contributed by atoms with Gasteiger partial charge in [-0.3, -0.25) is 9.52 Å². The van der Waals surface area contributed by atoms with E-state index >= 15 is 0 Å². The van der Waals surface area contributed by atoms with Crippen LogP contribution in [0.1, 0.15) is 16.1 Å². The summed E-state index contributed by atoms with van der Waals surface area (Å²) in [5, 5.41) is 6.17. The number of nitrogens with zero attached hydrogens (tertiary/aromatic N) is 1. The van der Waals surface area contributed by atoms with E-state index in [-0.39, 0.29) is 5.69 Å². The number of hydrogen-bond acceptors (Lipinski definition) is 5. The molecule has 0 fully saturated rings. The van der Waals surface area contributed by atoms with Crippen LogP contribution < -0.4 is 10.0 Å². The zero-order chi connectivity index (χ0) is 18.7. The lowest BCUT2D eigenvalue weighted by atomic mass is 10.2. The Balaban J connectivity index is 1.73. The highest BCUT2D eigenvalue weighted by atomic mass is 32.2. The molecule has 26 heavy (non-hydrogen) atoms. The van der Waals surface area contributed by atoms with Crippen LogP contribution in [0.15, 0.2) is 64.1 Å². The molecule has 0 spiro atoms. The molecule has 0 saturated heterocycles. The van der Waals surface area contributed by atoms with Gasteiger partial charge in [-0.25, -0.2) is 12.8 Å². The van der Waals surface area contributed by atoms with Gasteiger partial charge in [0.2, 0.25) is 0 Å². The number of rotatable bonds is 5. The maximum absolute atomic E-state index is 13.7. The van der Waals surface area contributed by atoms with Crippen molar-refractivity contribution in [3.05, 3.63) is 71.9 Å². The van der Waals surface area contributed by atoms with Crippen LogP contribution in [-0.2, 0) is 10.0 Å². The largest absolute Gasteiger partial charge is 0.361 e. The van der Waals surface area contributed by atoms with E-state index in [9.17, 15) is 17.6 Å². The molecule has 1 amide bonds. The first-order valence-corrected chi connectivity index (χ1v) is 8.95. The van der Waals surface area contributed by atoms with Crippen molar-refractivity contribution in [3.8, 4) is 0 Å². The van der Waals surface area contributed by atoms with Crippen LogP contribution in [0.4, 0.5) is 15.8 Å². The Morgan fingerprint density at radius 2 is 1.73 bits per heavy atom. The highest BCUT2D eigenvalue weighted by Gasteiger charge is 2.18. The topological polar surface area (TPSA) is 101 Å². The number of halogens is 1. The van der Waals surface area contributed by atoms with Crippen LogP contribution in [0.5, 0.6) is 0 Å². The number of carbonyl (C=O) groups is 1. The first-order chi connectivity index (χ1) is 12.4. The number of benzene rings is 2. The third-order valence-electron chi connectivity index (χ3n) is 3.52. The van der Waals surface area contributed by atoms with Gasteiger partial charge in [0.05, 0.1) is 6.20 Å². The van der Waals surface area contributed by atoms with E-state index in [0.29, 0.717) is 17.0 Å². The Labute approximate surface area is 148 Å². The van der Waals surface area contributed by atoms with E-state index in [0.717, 1.165) is 6.07 Å². The molecule has 0 atom stereocenters. The van der Waals surface area contributed by atoms with Crippen molar-refractivity contribution in [2.75, 3.05) is 10.0 Å². The first-order valence-electron chi connectivity index (χ1n) is 7.47. The van der Waals surface area contributed by atoms with Crippen molar-refractivity contribution in [3.63, 3.8) is 0 Å². The third-order valence-corrected chi connectivity index (χ3v) is 4.93. The molecule has 0 aliphatic carbocycles. The smallest absolute Gasteiger partial charge is 0.264 e. The molecule has 0 saturated carbocycles. The van der Waals surface area contributed by atoms with Gasteiger partial charge in [0.15, 0.2) is 0 Å². The normalized spacial score (nSPS) is 11.2. The number of nitrogens with one attached hydrogen (secondary N) is 2. The maximum atomic E-state index is 13.7. The quantitative estimate of drug-likeness (QED) is 0.713. The molecule has 9 heteroatoms. The summed E-state index contributed by atoms with van der Waals surface area (Å²) in [5.41, 5.74) is 0.978. The molecule has 1 heterocycles. The van der Waals surface area contributed by atoms with Crippen LogP contribution in [-0.4, -0.2) is 19.5 Å². The van der Waals surface area contributed by atoms with Crippen molar-refractivity contribution in [2.24, 2.45) is 0 Å². The number of anilines is 2. The fraction of sp³-hybridized carbons (Fsp3) is 0.0588. The van der Waals surface area contributed by atoms with E-state index < -0.39 is 26.6 Å². The molecular weight excluding hydrogens is 361 g/mol. The summed E-state index contributed by atoms with van der Waals surface area (Å²) in [4.78, 5) is 11.6. The Morgan fingerprint density at radius 3 is 2.35 bits per heavy atom. The average molecular weight is 375 g/mol. The van der Waals surface area contributed by atoms with Gasteiger partial charge in [-0.15, -0.1) is 0 Å². The molecule has 1 aromatic heterocycles. The SMILES string of the molecule is Cc1oncc1C(=O)Nc1ccc(NS(=O)(=O)c2ccccc2F)cc1. The van der Waals surface area contributed by atoms with E-state index in [1.807, 2.05) is 0 Å². The summed E-state index contributed by atoms with van der Waals surface area (Å²) in [6.45, 7) is 1.61. The monoisotopic (exact) mass is 375 g/mol. The van der Waals surface area contributed by atoms with Gasteiger partial charge in [-0.05, 0) is 43.3 Å². The number of aryl methyl sites for hydroxylation is 1. The van der Waals surface area contributed by atoms with E-state index in [4.69, 9.17) is 4.52 Å². The number of hydrogen-bond donors (Lipinski definition) is 2. The van der Waals surface area contributed by atoms with E-state index in [1.165, 1.54) is 48.7 Å². The minimum Gasteiger partial charge on any atom is -0.361 e. The number of aromatic nitrogens is 1. The molecule has 3 rings (SSSR count). The molecule has 0 aliphatic heterocycles. The molecule has 7 nitrogen and oxygen atoms in total. The Hall–Kier alpha value is -3.20. The third kappa shape index (κ3) is 3.72. The molecule has 134 valence electrons. The highest BCUT2D eigenvalue weighted by molar-refractivity contribution is 7.92. The fourth-order valence-electron chi connectivity index (χ4n) is 2.21. The fourth-order valence-corrected chi connectivity index (χ4v) is 3.35. The van der Waals surface area contributed by atoms with Gasteiger partial charge in [0.25, 0.3) is 15.9 Å². The van der Waals surface area contributed by atoms with Crippen molar-refractivity contribution in [1.29, 1.82) is 0 Å². The molecular formula is C17H14FN3O4S. The standard InChI is InChI=1S/C17H14FN3O4S/c1-11-14(10-19-25-11)17(22)20-12-6-8-13(9-7-12)21-26(23,24)16-5-3-2-4-15(16)18/h2-10,21H,1H3,(H,20,22). The summed E-state index contributed by atoms with van der Waals surface area (Å²) in [6.07, 6.45) is 1.31. The van der Waals surface area contributed by atoms with Gasteiger partial charge in [0.1, 0.15) is 22.0 Å². The average Bonchev–Trinajstić information content (AvgIpc) is 3.03. The van der Waals surface area contributed by atoms with Gasteiger partial charge in [0, 0.05) is 11.4 Å². The lowest BCUT2D eigenvalue weighted by Crippen LogP contribution is -2.15. The van der Waals surface area contributed by atoms with Gasteiger partial charge in [-0.1, -0.05) is 17.3 Å². The summed E-state index contributed by atoms with van der Waals surface area (Å²) in [7, 11) is -4.05. The summed E-state index contributed by atoms with van der Waals surface area (Å²) < 4.78 is 45.3. The molecule has 3 aromatic rings. The zero-order valence-corrected chi connectivity index (χ0v) is 14.4. The molecule has 2 N–H and O–H groups in total. The second-order valence-electron chi connectivity index (χ2n) is 5.36. The van der Waals surface area contributed by atoms with Crippen molar-refractivity contribution < 1.29 is 22.1 Å². The second-order valence-corrected chi connectivity index (χ2v) is 7.01. The van der Waals surface area contributed by atoms with Crippen LogP contribution in [0, 0.1) is 12.7 Å². The summed E-state index contributed by atoms with van der Waals surface area (Å²) in [5.74, 6) is -0.854. The van der Waals surface area contributed by atoms with Crippen LogP contribution in [0.25, 0.3) is 0 Å². The molecule has 2 aromatic carbocycles. The lowest BCUT2D eigenvalue weighted by Gasteiger charge is -2.10. The Kier molecular flexibility index (Phi) is 4.72. The predicted octanol–water partition coefficient (Wildman–Crippen LogP) is 3.18. The van der Waals surface area contributed by atoms with Gasteiger partial charge >= 0.3 is 0 Å². The van der Waals surface area contributed by atoms with Gasteiger partial charge in [-0.2, -0.15) is 0 Å². The zero-order valence-electron chi connectivity index (χ0n) is 13.6. The van der Waals surface area contributed by atoms with Crippen molar-refractivity contribution in [1.82, 2.24) is 5.16 Å². The number of amides is 1. The van der Waals surface area contributed by atoms with Crippen molar-refractivity contribution in [2.45, 2.75) is 11.8 Å². The van der Waals surface area contributed by atoms with Crippen molar-refractivity contribution >= 4 is 27.3 Å². The van der Waals surface area contributed by atoms with Crippen LogP contribution in [0.2, 0.25) is 0 Å². The maximum Gasteiger partial charge on any atom is 0.264 e. The van der Waals surface area contributed by atoms with Gasteiger partial charge < -0.3 is 9.84 Å². The second kappa shape index (κ2) is 6.96. The molecule has 0 bridgehead atoms. The molecule has 0 unspecified atom stereocenters. The number of sulfonamides is 1. The first kappa shape index (κ1) is 17.6. The van der Waals surface area contributed by atoms with E-state index in [1.54, 1.807) is 6.92 Å². The lowest BCUT2D eigenvalue weighted by molar-refractivity contribution is 0.102. The molecule has 0 radical (unpaired) electrons. The summed E-state index contributed by atoms with van der Waals surface area (Å²) in [6, 6.07) is 11.0. The number of carbonyl (C=O) groups excluding carboxylic acids is 1. The van der Waals surface area contributed by atoms with E-state index in [2.05, 4.69) is 15.2 Å². The summed E-state index contributed by atoms with van der Waals surface area (Å²) >= 11 is 0. The minimum atomic E-state index is -4.05. The van der Waals surface area contributed by atoms with Crippen LogP contribution >= 0.6 is 0 Å². The predicted molar refractivity (Wildman–Crippen MR) is 92.8 cm³/mol. The Morgan fingerprint density at radius 1 is 1.08 bits per heavy atom. The minimum absolute atomic E-state index is 0.229.